The van der Waals surface area contributed by atoms with Crippen LogP contribution in [0.5, 0.6) is 0 Å². The molecule has 3 rings (SSSR count). The van der Waals surface area contributed by atoms with Crippen LogP contribution < -0.4 is 0 Å². The summed E-state index contributed by atoms with van der Waals surface area (Å²) in [5.41, 5.74) is -0.457. The number of benzene rings is 1. The van der Waals surface area contributed by atoms with Gasteiger partial charge in [-0.3, -0.25) is 4.98 Å². The fraction of sp³-hybridized carbons (Fsp3) is 0.125. The van der Waals surface area contributed by atoms with Gasteiger partial charge in [0.15, 0.2) is 0 Å². The van der Waals surface area contributed by atoms with Crippen molar-refractivity contribution in [1.82, 2.24) is 15.0 Å². The third kappa shape index (κ3) is 3.14. The van der Waals surface area contributed by atoms with Gasteiger partial charge in [-0.25, -0.2) is 9.37 Å². The summed E-state index contributed by atoms with van der Waals surface area (Å²) in [6.07, 6.45) is 1.97. The van der Waals surface area contributed by atoms with E-state index < -0.39 is 34.4 Å². The highest BCUT2D eigenvalue weighted by atomic mass is 32.2. The van der Waals surface area contributed by atoms with Crippen molar-refractivity contribution in [3.63, 3.8) is 0 Å². The van der Waals surface area contributed by atoms with E-state index in [1.165, 1.54) is 24.5 Å². The molecule has 25 heavy (non-hydrogen) atoms. The number of rotatable bonds is 3. The van der Waals surface area contributed by atoms with Crippen molar-refractivity contribution in [2.24, 2.45) is 0 Å². The molecule has 0 bridgehead atoms. The third-order valence-corrected chi connectivity index (χ3v) is 4.25. The van der Waals surface area contributed by atoms with Crippen molar-refractivity contribution in [3.8, 4) is 6.07 Å². The number of hydrogen-bond donors (Lipinski definition) is 0. The smallest absolute Gasteiger partial charge is 0.348 e. The van der Waals surface area contributed by atoms with E-state index in [-0.39, 0.29) is 16.1 Å². The standard InChI is InChI=1S/C16H9F3N4OS/c1-25(24)14-11-4-2-9(7-20)6-12(11)22-15(23-14)16(18,19)13-5-3-10(17)8-21-13/h2-6,8H,1H3. The van der Waals surface area contributed by atoms with E-state index in [2.05, 4.69) is 15.0 Å². The zero-order chi connectivity index (χ0) is 18.2. The molecule has 2 aromatic heterocycles. The maximum absolute atomic E-state index is 14.7. The molecule has 0 radical (unpaired) electrons. The van der Waals surface area contributed by atoms with Crippen molar-refractivity contribution in [1.29, 1.82) is 5.26 Å². The van der Waals surface area contributed by atoms with Crippen LogP contribution in [0.1, 0.15) is 17.1 Å². The normalized spacial score (nSPS) is 12.8. The highest BCUT2D eigenvalue weighted by Crippen LogP contribution is 2.34. The molecule has 9 heteroatoms. The Hall–Kier alpha value is -2.70. The summed E-state index contributed by atoms with van der Waals surface area (Å²) in [6, 6.07) is 7.80. The molecule has 1 aromatic carbocycles. The number of aromatic nitrogens is 3. The summed E-state index contributed by atoms with van der Waals surface area (Å²) in [7, 11) is 0. The van der Waals surface area contributed by atoms with Gasteiger partial charge in [-0.2, -0.15) is 19.0 Å². The molecule has 3 aromatic rings. The van der Waals surface area contributed by atoms with Gasteiger partial charge in [-0.1, -0.05) is 0 Å². The zero-order valence-corrected chi connectivity index (χ0v) is 13.5. The summed E-state index contributed by atoms with van der Waals surface area (Å²) >= 11 is -1.66. The maximum atomic E-state index is 14.7. The van der Waals surface area contributed by atoms with E-state index in [4.69, 9.17) is 5.26 Å². The number of fused-ring (bicyclic) bond motifs is 1. The molecule has 0 aliphatic heterocycles. The van der Waals surface area contributed by atoms with Gasteiger partial charge in [0, 0.05) is 11.2 Å². The number of alkyl halides is 2. The summed E-state index contributed by atoms with van der Waals surface area (Å²) in [6.45, 7) is 0. The van der Waals surface area contributed by atoms with Gasteiger partial charge in [0.2, 0.25) is 5.82 Å². The Morgan fingerprint density at radius 2 is 1.96 bits per heavy atom. The first kappa shape index (κ1) is 17.1. The third-order valence-electron chi connectivity index (χ3n) is 3.39. The Morgan fingerprint density at radius 1 is 1.20 bits per heavy atom. The second kappa shape index (κ2) is 6.31. The minimum Gasteiger partial charge on any atom is -0.610 e. The molecule has 0 aliphatic rings. The lowest BCUT2D eigenvalue weighted by Crippen LogP contribution is -2.22. The Kier molecular flexibility index (Phi) is 4.32. The van der Waals surface area contributed by atoms with E-state index in [9.17, 15) is 17.7 Å². The number of nitrogens with zero attached hydrogens (tertiary/aromatic N) is 4. The molecule has 0 fully saturated rings. The lowest BCUT2D eigenvalue weighted by Gasteiger charge is -2.16. The van der Waals surface area contributed by atoms with Gasteiger partial charge in [0.05, 0.1) is 28.7 Å². The zero-order valence-electron chi connectivity index (χ0n) is 12.7. The van der Waals surface area contributed by atoms with Gasteiger partial charge in [0.1, 0.15) is 17.8 Å². The maximum Gasteiger partial charge on any atom is 0.348 e. The van der Waals surface area contributed by atoms with Crippen LogP contribution in [0.15, 0.2) is 41.6 Å². The molecule has 0 amide bonds. The monoisotopic (exact) mass is 362 g/mol. The van der Waals surface area contributed by atoms with E-state index in [1.807, 2.05) is 6.07 Å². The number of pyridine rings is 1. The number of halogens is 3. The number of hydrogen-bond acceptors (Lipinski definition) is 5. The fourth-order valence-corrected chi connectivity index (χ4v) is 2.90. The van der Waals surface area contributed by atoms with Gasteiger partial charge >= 0.3 is 5.92 Å². The summed E-state index contributed by atoms with van der Waals surface area (Å²) in [5, 5.41) is 9.20. The van der Waals surface area contributed by atoms with Crippen LogP contribution in [-0.4, -0.2) is 25.8 Å². The molecule has 126 valence electrons. The summed E-state index contributed by atoms with van der Waals surface area (Å²) < 4.78 is 54.2. The van der Waals surface area contributed by atoms with Gasteiger partial charge in [0.25, 0.3) is 5.03 Å². The molecule has 0 aliphatic carbocycles. The molecule has 0 saturated heterocycles. The Balaban J connectivity index is 2.24. The van der Waals surface area contributed by atoms with Crippen molar-refractivity contribution in [2.75, 3.05) is 6.26 Å². The molecule has 0 N–H and O–H groups in total. The lowest BCUT2D eigenvalue weighted by atomic mass is 10.1. The number of nitriles is 1. The van der Waals surface area contributed by atoms with Crippen molar-refractivity contribution in [3.05, 3.63) is 59.4 Å². The molecule has 2 heterocycles. The first-order valence-electron chi connectivity index (χ1n) is 6.88. The minimum absolute atomic E-state index is 0.0658. The van der Waals surface area contributed by atoms with Crippen molar-refractivity contribution < 1.29 is 17.7 Å². The van der Waals surface area contributed by atoms with Crippen LogP contribution in [0, 0.1) is 17.1 Å². The average Bonchev–Trinajstić information content (AvgIpc) is 2.60. The van der Waals surface area contributed by atoms with Crippen LogP contribution >= 0.6 is 0 Å². The molecule has 1 atom stereocenters. The fourth-order valence-electron chi connectivity index (χ4n) is 2.21. The van der Waals surface area contributed by atoms with E-state index >= 15 is 0 Å². The second-order valence-corrected chi connectivity index (χ2v) is 6.38. The first-order chi connectivity index (χ1) is 11.8. The van der Waals surface area contributed by atoms with E-state index in [0.29, 0.717) is 11.6 Å². The highest BCUT2D eigenvalue weighted by molar-refractivity contribution is 7.90. The Bertz CT molecular complexity index is 987. The van der Waals surface area contributed by atoms with E-state index in [0.717, 1.165) is 12.1 Å². The molecule has 5 nitrogen and oxygen atoms in total. The van der Waals surface area contributed by atoms with E-state index in [1.54, 1.807) is 0 Å². The van der Waals surface area contributed by atoms with Crippen LogP contribution in [0.25, 0.3) is 10.9 Å². The topological polar surface area (TPSA) is 85.5 Å². The molecule has 1 unspecified atom stereocenters. The minimum atomic E-state index is -3.72. The quantitative estimate of drug-likeness (QED) is 0.528. The molecular weight excluding hydrogens is 353 g/mol. The highest BCUT2D eigenvalue weighted by Gasteiger charge is 2.40. The van der Waals surface area contributed by atoms with Crippen molar-refractivity contribution >= 4 is 22.1 Å². The first-order valence-corrected chi connectivity index (χ1v) is 8.44. The second-order valence-electron chi connectivity index (χ2n) is 5.09. The van der Waals surface area contributed by atoms with Crippen LogP contribution in [-0.2, 0) is 17.1 Å². The van der Waals surface area contributed by atoms with Gasteiger partial charge in [-0.15, -0.1) is 0 Å². The predicted octanol–water partition coefficient (Wildman–Crippen LogP) is 2.91. The van der Waals surface area contributed by atoms with Crippen molar-refractivity contribution in [2.45, 2.75) is 10.9 Å². The molecular formula is C16H9F3N4OS. The Labute approximate surface area is 143 Å². The largest absolute Gasteiger partial charge is 0.610 e. The van der Waals surface area contributed by atoms with Crippen LogP contribution in [0.3, 0.4) is 0 Å². The predicted molar refractivity (Wildman–Crippen MR) is 83.8 cm³/mol. The van der Waals surface area contributed by atoms with Crippen LogP contribution in [0.4, 0.5) is 13.2 Å². The van der Waals surface area contributed by atoms with Gasteiger partial charge < -0.3 is 4.55 Å². The summed E-state index contributed by atoms with van der Waals surface area (Å²) in [5.74, 6) is -5.40. The summed E-state index contributed by atoms with van der Waals surface area (Å²) in [4.78, 5) is 10.9. The van der Waals surface area contributed by atoms with Crippen LogP contribution in [0.2, 0.25) is 0 Å². The molecule has 0 saturated carbocycles. The SMILES string of the molecule is C[S+]([O-])c1nc(C(F)(F)c2ccc(F)cn2)nc2cc(C#N)ccc12. The average molecular weight is 362 g/mol. The lowest BCUT2D eigenvalue weighted by molar-refractivity contribution is 0.0277. The molecule has 0 spiro atoms. The Morgan fingerprint density at radius 3 is 2.56 bits per heavy atom. The van der Waals surface area contributed by atoms with Gasteiger partial charge in [-0.05, 0) is 30.3 Å².